The molecule has 0 aromatic heterocycles. The van der Waals surface area contributed by atoms with Gasteiger partial charge in [-0.3, -0.25) is 28.8 Å². The first kappa shape index (κ1) is 108. The van der Waals surface area contributed by atoms with Crippen molar-refractivity contribution in [3.05, 3.63) is 270 Å². The van der Waals surface area contributed by atoms with Crippen LogP contribution >= 0.6 is 45.8 Å². The number of ketones is 2. The number of hydrogen-bond acceptors (Lipinski definition) is 18. The van der Waals surface area contributed by atoms with E-state index in [0.717, 1.165) is 118 Å². The number of esters is 4. The molecule has 142 heavy (non-hydrogen) atoms. The first-order valence-electron chi connectivity index (χ1n) is 49.2. The second kappa shape index (κ2) is 50.9. The van der Waals surface area contributed by atoms with Crippen LogP contribution in [0, 0.1) is 71.0 Å². The number of allylic oxidation sites excluding steroid dienone is 2. The fourth-order valence-corrected chi connectivity index (χ4v) is 23.8. The molecule has 8 saturated carbocycles. The van der Waals surface area contributed by atoms with Crippen molar-refractivity contribution in [2.75, 3.05) is 54.7 Å². The number of amides is 6. The van der Waals surface area contributed by atoms with E-state index in [4.69, 9.17) is 63.1 Å². The van der Waals surface area contributed by atoms with E-state index in [0.29, 0.717) is 64.8 Å². The second-order valence-electron chi connectivity index (χ2n) is 39.3. The van der Waals surface area contributed by atoms with Gasteiger partial charge in [0.15, 0.2) is 11.6 Å². The maximum absolute atomic E-state index is 14.0. The molecule has 18 rings (SSSR count). The number of nitrogens with two attached hydrogens (primary N) is 2. The number of Topliss-reactive ketones (excluding diaryl/α,β-unsaturated/α-hetero) is 2. The second-order valence-corrected chi connectivity index (χ2v) is 40.8. The Labute approximate surface area is 879 Å². The number of primary amides is 2. The summed E-state index contributed by atoms with van der Waals surface area (Å²) in [6.45, 7) is 8.45. The van der Waals surface area contributed by atoms with E-state index in [1.165, 1.54) is 108 Å². The fraction of sp³-hybridized carbons (Fsp3) is 0.421. The largest absolute Gasteiger partial charge is 1.00 e. The smallest absolute Gasteiger partial charge is 1.00 e. The Balaban J connectivity index is 0.000000212. The molecule has 10 aliphatic rings. The van der Waals surface area contributed by atoms with E-state index in [9.17, 15) is 53.1 Å². The van der Waals surface area contributed by atoms with Gasteiger partial charge in [0.2, 0.25) is 11.8 Å². The van der Waals surface area contributed by atoms with Crippen LogP contribution in [0.15, 0.2) is 193 Å². The molecular weight excluding hydrogens is 1960 g/mol. The normalized spacial score (nSPS) is 19.2. The van der Waals surface area contributed by atoms with Gasteiger partial charge >= 0.3 is 65.5 Å². The van der Waals surface area contributed by atoms with E-state index in [1.807, 2.05) is 143 Å². The minimum atomic E-state index is -0.898. The van der Waals surface area contributed by atoms with Crippen LogP contribution in [0.2, 0.25) is 10.0 Å². The third kappa shape index (κ3) is 26.9. The van der Waals surface area contributed by atoms with Crippen LogP contribution in [-0.2, 0) is 90.7 Å². The summed E-state index contributed by atoms with van der Waals surface area (Å²) in [5, 5.41) is 22.1. The molecule has 10 aliphatic carbocycles. The number of carbonyl (C=O) groups is 10. The quantitative estimate of drug-likeness (QED) is 0.00274. The SMILES string of the molecule is CC(C)[C@H](CC(=O)OCC1c2ccccc2-c2ccccc21)C(=O)N[C@H](CCCNC(N)=O)C(=O)Cc1ccc(CI)cc1.COC(=O)/C=C/c1ccc(C(OC)=C2C3CC4CC(C3)CC2C4)c(Cl)c1O.COC(=O)/C=C/c1ccc(C(OC)=C2C3CC4CC(C3)CC2C4)c(Cl)c1OCc1ccc(CC(=O)[C@@H](CCCNC(N)=O)NC(=O)[C@@H](CC(=O)OCC2c3ccccc3-c3ccccc32)C(C)C)cc1.[H-].[Na+]. The molecule has 8 fully saturated rings. The number of halogens is 3. The van der Waals surface area contributed by atoms with Crippen LogP contribution in [0.3, 0.4) is 0 Å². The summed E-state index contributed by atoms with van der Waals surface area (Å²) >= 11 is 16.1. The van der Waals surface area contributed by atoms with Gasteiger partial charge < -0.3 is 72.4 Å². The Morgan fingerprint density at radius 1 is 0.451 bits per heavy atom. The minimum Gasteiger partial charge on any atom is -1.00 e. The molecule has 746 valence electrons. The van der Waals surface area contributed by atoms with Crippen molar-refractivity contribution in [1.82, 2.24) is 21.3 Å². The first-order chi connectivity index (χ1) is 68.0. The number of alkyl halides is 1. The fourth-order valence-electron chi connectivity index (χ4n) is 22.8. The summed E-state index contributed by atoms with van der Waals surface area (Å²) in [6.07, 6.45) is 19.5. The predicted octanol–water partition coefficient (Wildman–Crippen LogP) is 17.8. The van der Waals surface area contributed by atoms with Crippen molar-refractivity contribution in [3.63, 3.8) is 0 Å². The zero-order chi connectivity index (χ0) is 100. The molecule has 4 atom stereocenters. The van der Waals surface area contributed by atoms with Crippen molar-refractivity contribution in [2.24, 2.45) is 82.5 Å². The van der Waals surface area contributed by atoms with Crippen molar-refractivity contribution in [2.45, 2.75) is 178 Å². The number of aromatic hydroxyl groups is 1. The minimum absolute atomic E-state index is 0. The Bertz CT molecular complexity index is 5890. The van der Waals surface area contributed by atoms with Gasteiger partial charge in [0, 0.05) is 76.6 Å². The third-order valence-electron chi connectivity index (χ3n) is 29.4. The van der Waals surface area contributed by atoms with Gasteiger partial charge in [-0.1, -0.05) is 231 Å². The number of nitrogens with one attached hydrogen (secondary N) is 4. The number of methoxy groups -OCH3 is 4. The predicted molar refractivity (Wildman–Crippen MR) is 555 cm³/mol. The average molecular weight is 2090 g/mol. The van der Waals surface area contributed by atoms with Gasteiger partial charge in [-0.05, 0) is 251 Å². The molecule has 0 saturated heterocycles. The number of ether oxygens (including phenoxy) is 7. The van der Waals surface area contributed by atoms with Crippen LogP contribution < -0.4 is 67.0 Å². The Morgan fingerprint density at radius 3 is 1.15 bits per heavy atom. The number of phenols is 1. The summed E-state index contributed by atoms with van der Waals surface area (Å²) in [5.74, 6) is 2.31. The molecule has 0 radical (unpaired) electrons. The maximum atomic E-state index is 14.0. The van der Waals surface area contributed by atoms with Gasteiger partial charge in [-0.2, -0.15) is 0 Å². The zero-order valence-corrected chi connectivity index (χ0v) is 88.0. The number of hydrogen-bond donors (Lipinski definition) is 7. The zero-order valence-electron chi connectivity index (χ0n) is 83.4. The molecule has 0 unspecified atom stereocenters. The van der Waals surface area contributed by atoms with Crippen LogP contribution in [0.1, 0.15) is 210 Å². The monoisotopic (exact) mass is 2090 g/mol. The van der Waals surface area contributed by atoms with Crippen molar-refractivity contribution in [3.8, 4) is 33.8 Å². The van der Waals surface area contributed by atoms with Gasteiger partial charge in [0.1, 0.15) is 42.8 Å². The number of carbonyl (C=O) groups excluding carboxylic acids is 10. The Hall–Kier alpha value is -11.1. The molecule has 0 spiro atoms. The number of rotatable bonds is 40. The van der Waals surface area contributed by atoms with Crippen LogP contribution in [-0.4, -0.2) is 131 Å². The number of phenolic OH excluding ortho intramolecular Hbond substituents is 1. The van der Waals surface area contributed by atoms with Crippen LogP contribution in [0.25, 0.3) is 45.9 Å². The Kier molecular flexibility index (Phi) is 38.8. The molecule has 9 N–H and O–H groups in total. The first-order valence-corrected chi connectivity index (χ1v) is 51.5. The molecular formula is C114H130Cl2IN6NaO18. The molecule has 24 nitrogen and oxygen atoms in total. The molecule has 6 amide bonds. The Morgan fingerprint density at radius 2 is 0.796 bits per heavy atom. The molecule has 8 bridgehead atoms. The van der Waals surface area contributed by atoms with Crippen molar-refractivity contribution in [1.29, 1.82) is 0 Å². The van der Waals surface area contributed by atoms with Crippen LogP contribution in [0.5, 0.6) is 11.5 Å². The van der Waals surface area contributed by atoms with Gasteiger partial charge in [-0.25, -0.2) is 19.2 Å². The number of urea groups is 2. The average Bonchev–Trinajstić information content (AvgIpc) is 1.32. The number of benzene rings is 8. The summed E-state index contributed by atoms with van der Waals surface area (Å²) < 4.78 is 40.5. The van der Waals surface area contributed by atoms with E-state index < -0.39 is 65.8 Å². The molecule has 0 aliphatic heterocycles. The van der Waals surface area contributed by atoms with Crippen LogP contribution in [0.4, 0.5) is 9.59 Å². The van der Waals surface area contributed by atoms with Gasteiger partial charge in [-0.15, -0.1) is 0 Å². The van der Waals surface area contributed by atoms with E-state index in [-0.39, 0.29) is 148 Å². The molecule has 8 aromatic carbocycles. The maximum Gasteiger partial charge on any atom is 1.00 e. The molecule has 8 aromatic rings. The third-order valence-corrected chi connectivity index (χ3v) is 31.1. The van der Waals surface area contributed by atoms with E-state index >= 15 is 0 Å². The van der Waals surface area contributed by atoms with Gasteiger partial charge in [0.05, 0.1) is 75.2 Å². The summed E-state index contributed by atoms with van der Waals surface area (Å²) in [7, 11) is 6.02. The van der Waals surface area contributed by atoms with Crippen molar-refractivity contribution >= 4 is 129 Å². The van der Waals surface area contributed by atoms with Crippen molar-refractivity contribution < 1.29 is 117 Å². The summed E-state index contributed by atoms with van der Waals surface area (Å²) in [6, 6.07) is 52.2. The van der Waals surface area contributed by atoms with Gasteiger partial charge in [0.25, 0.3) is 0 Å². The van der Waals surface area contributed by atoms with E-state index in [2.05, 4.69) is 97.1 Å². The standard InChI is InChI=1S/C57H64ClN3O9.C35H40IN3O5.C22H25ClO4.Na.H/c1-33(2)46(30-51(64)69-32-47-43-12-7-5-10-41(43)42-11-6-8-13-44(42)47)56(65)61-48(14-9-23-60-57(59)66)49(62)29-34-15-17-35(18-16-34)31-70-54-38(20-22-50(63)67-3)19-21-45(53(54)58)55(68-4)52-39-25-36-24-37(27-39)28-40(52)26-36;1-22(2)29(19-33(41)44-21-30-27-10-5-3-8-25(27)26-9-4-6-11-28(26)30)34(42)39-31(12-7-17-38-35(37)43)32(40)18-23-13-15-24(20-36)16-14-23;1-26-18(24)6-4-14-3-5-17(20(23)21(14)25)22(27-2)19-15-8-12-7-13(10-15)11-16(19)9-12;;/h5-8,10-13,15-22,33,36-37,39-40,46-48H,9,14,23-32H2,1-4H3,(H,61,65)(H3,59,60,66);3-6,8-11,13-16,22,29-31H,7,12,17-21H2,1-2H3,(H,39,42)(H3,37,38,43);3-6,12-13,15-16,25H,7-11H2,1-2H3;;/q;;;+1;-1/b22-20+,55-52?;;6-4+,22-19?;;/t36?,37?,39?,40?,46-,48+;29-,31+;;;/m00.../s1. The molecule has 28 heteroatoms. The number of fused-ring (bicyclic) bond motifs is 6. The summed E-state index contributed by atoms with van der Waals surface area (Å²) in [4.78, 5) is 127. The summed E-state index contributed by atoms with van der Waals surface area (Å²) in [5.41, 5.74) is 28.3. The topological polar surface area (TPSA) is 356 Å². The van der Waals surface area contributed by atoms with E-state index in [1.54, 1.807) is 26.4 Å². The molecule has 0 heterocycles.